The van der Waals surface area contributed by atoms with E-state index in [0.717, 1.165) is 28.1 Å². The Hall–Kier alpha value is -1.51. The van der Waals surface area contributed by atoms with Gasteiger partial charge in [-0.25, -0.2) is 0 Å². The van der Waals surface area contributed by atoms with Crippen LogP contribution in [0.3, 0.4) is 0 Å². The van der Waals surface area contributed by atoms with E-state index in [1.54, 1.807) is 7.17 Å². The van der Waals surface area contributed by atoms with E-state index in [4.69, 9.17) is 15.6 Å². The largest absolute Gasteiger partial charge is 0.263 e. The third-order valence-corrected chi connectivity index (χ3v) is 2.42. The third-order valence-electron chi connectivity index (χ3n) is 2.42. The van der Waals surface area contributed by atoms with Crippen LogP contribution in [-0.4, -0.2) is 32.7 Å². The minimum Gasteiger partial charge on any atom is -0.263 e. The van der Waals surface area contributed by atoms with Crippen molar-refractivity contribution in [1.29, 1.82) is 0 Å². The Kier molecular flexibility index (Phi) is 3.37. The first-order valence-corrected chi connectivity index (χ1v) is 5.36. The van der Waals surface area contributed by atoms with Crippen molar-refractivity contribution >= 4 is 33.8 Å². The van der Waals surface area contributed by atoms with Crippen LogP contribution in [0.4, 0.5) is 0 Å². The molecule has 0 atom stereocenters. The fraction of sp³-hybridized carbons (Fsp3) is 0.167. The highest BCUT2D eigenvalue weighted by atomic mass is 14.8. The molecular weight excluding hydrogens is 205 g/mol. The minimum atomic E-state index is 0.501. The van der Waals surface area contributed by atoms with Crippen LogP contribution in [0, 0.1) is 13.8 Å². The van der Waals surface area contributed by atoms with Gasteiger partial charge in [0.05, 0.1) is 18.6 Å². The molecule has 2 rings (SSSR count). The summed E-state index contributed by atoms with van der Waals surface area (Å²) in [5.41, 5.74) is 4.96. The predicted octanol–water partition coefficient (Wildman–Crippen LogP) is -0.0328. The molecule has 0 fully saturated rings. The van der Waals surface area contributed by atoms with Gasteiger partial charge in [0.2, 0.25) is 0 Å². The second-order valence-corrected chi connectivity index (χ2v) is 4.05. The number of rotatable bonds is 2. The van der Waals surface area contributed by atoms with Gasteiger partial charge in [-0.3, -0.25) is 9.97 Å². The van der Waals surface area contributed by atoms with E-state index in [9.17, 15) is 0 Å². The van der Waals surface area contributed by atoms with Gasteiger partial charge in [-0.1, -0.05) is 5.46 Å². The van der Waals surface area contributed by atoms with Gasteiger partial charge in [-0.05, 0) is 49.3 Å². The van der Waals surface area contributed by atoms with E-state index in [1.807, 2.05) is 38.1 Å². The Morgan fingerprint density at radius 2 is 1.71 bits per heavy atom. The molecule has 0 N–H and O–H groups in total. The number of aryl methyl sites for hydroxylation is 2. The Balaban J connectivity index is 2.55. The maximum absolute atomic E-state index is 5.73. The molecule has 5 heteroatoms. The fourth-order valence-corrected chi connectivity index (χ4v) is 1.75. The van der Waals surface area contributed by atoms with Gasteiger partial charge in [0.25, 0.3) is 0 Å². The molecule has 0 saturated heterocycles. The van der Waals surface area contributed by atoms with Crippen LogP contribution in [0.1, 0.15) is 11.3 Å². The van der Waals surface area contributed by atoms with Gasteiger partial charge in [0.1, 0.15) is 7.85 Å². The van der Waals surface area contributed by atoms with Gasteiger partial charge < -0.3 is 0 Å². The molecule has 5 radical (unpaired) electrons. The third kappa shape index (κ3) is 2.79. The van der Waals surface area contributed by atoms with Crippen molar-refractivity contribution in [3.05, 3.63) is 35.5 Å². The highest BCUT2D eigenvalue weighted by Crippen LogP contribution is 2.13. The van der Waals surface area contributed by atoms with Gasteiger partial charge in [-0.15, -0.1) is 0 Å². The Morgan fingerprint density at radius 3 is 2.35 bits per heavy atom. The molecule has 17 heavy (non-hydrogen) atoms. The lowest BCUT2D eigenvalue weighted by molar-refractivity contribution is 1.19. The first kappa shape index (κ1) is 12.0. The zero-order valence-corrected chi connectivity index (χ0v) is 9.94. The summed E-state index contributed by atoms with van der Waals surface area (Å²) in [6.07, 6.45) is 0. The molecule has 0 spiro atoms. The topological polar surface area (TPSA) is 25.8 Å². The summed E-state index contributed by atoms with van der Waals surface area (Å²) in [6, 6.07) is 7.60. The molecule has 2 heterocycles. The predicted molar refractivity (Wildman–Crippen MR) is 73.5 cm³/mol. The number of pyridine rings is 2. The molecule has 0 amide bonds. The summed E-state index contributed by atoms with van der Waals surface area (Å²) >= 11 is 0. The van der Waals surface area contributed by atoms with Crippen molar-refractivity contribution in [2.75, 3.05) is 0 Å². The van der Waals surface area contributed by atoms with Gasteiger partial charge in [0.15, 0.2) is 0 Å². The summed E-state index contributed by atoms with van der Waals surface area (Å²) in [4.78, 5) is 8.72. The lowest BCUT2D eigenvalue weighted by atomic mass is 9.51. The molecule has 2 nitrogen and oxygen atoms in total. The van der Waals surface area contributed by atoms with Crippen LogP contribution < -0.4 is 11.1 Å². The van der Waals surface area contributed by atoms with E-state index in [0.29, 0.717) is 5.59 Å². The summed E-state index contributed by atoms with van der Waals surface area (Å²) in [6.45, 7) is 3.91. The minimum absolute atomic E-state index is 0.501. The standard InChI is InChI=1S/C12H10B3N2/c1-7-3-10(17-12(13)4-7)11-6-9(15-14)5-8(2)16-11/h3-6H,1-2H3. The lowest BCUT2D eigenvalue weighted by Crippen LogP contribution is -2.16. The van der Waals surface area contributed by atoms with Crippen LogP contribution in [-0.2, 0) is 0 Å². The average molecular weight is 215 g/mol. The number of nitrogens with zero attached hydrogens (tertiary/aromatic N) is 2. The Labute approximate surface area is 105 Å². The number of hydrogen-bond donors (Lipinski definition) is 0. The zero-order chi connectivity index (χ0) is 12.4. The van der Waals surface area contributed by atoms with Crippen molar-refractivity contribution in [1.82, 2.24) is 9.97 Å². The summed E-state index contributed by atoms with van der Waals surface area (Å²) < 4.78 is 0. The molecule has 0 aromatic carbocycles. The van der Waals surface area contributed by atoms with Crippen molar-refractivity contribution in [2.45, 2.75) is 13.8 Å². The van der Waals surface area contributed by atoms with Crippen molar-refractivity contribution in [3.63, 3.8) is 0 Å². The average Bonchev–Trinajstić information content (AvgIpc) is 2.26. The highest BCUT2D eigenvalue weighted by molar-refractivity contribution is 6.97. The molecule has 0 aliphatic heterocycles. The second-order valence-electron chi connectivity index (χ2n) is 4.05. The number of aromatic nitrogens is 2. The smallest absolute Gasteiger partial charge is 0.141 e. The Morgan fingerprint density at radius 1 is 1.00 bits per heavy atom. The summed E-state index contributed by atoms with van der Waals surface area (Å²) in [7, 11) is 12.8. The van der Waals surface area contributed by atoms with Gasteiger partial charge >= 0.3 is 0 Å². The van der Waals surface area contributed by atoms with E-state index in [1.165, 1.54) is 0 Å². The molecule has 2 aromatic heterocycles. The van der Waals surface area contributed by atoms with Crippen molar-refractivity contribution < 1.29 is 0 Å². The second kappa shape index (κ2) is 4.78. The van der Waals surface area contributed by atoms with Crippen LogP contribution in [0.2, 0.25) is 0 Å². The molecule has 0 unspecified atom stereocenters. The maximum atomic E-state index is 5.73. The van der Waals surface area contributed by atoms with Crippen molar-refractivity contribution in [2.24, 2.45) is 0 Å². The molecule has 0 aliphatic carbocycles. The first-order chi connectivity index (χ1) is 8.08. The van der Waals surface area contributed by atoms with E-state index < -0.39 is 0 Å². The molecule has 0 bridgehead atoms. The summed E-state index contributed by atoms with van der Waals surface area (Å²) in [5, 5.41) is 0. The van der Waals surface area contributed by atoms with Crippen LogP contribution in [0.5, 0.6) is 0 Å². The maximum Gasteiger partial charge on any atom is 0.141 e. The highest BCUT2D eigenvalue weighted by Gasteiger charge is 2.05. The molecule has 2 aromatic rings. The van der Waals surface area contributed by atoms with Crippen molar-refractivity contribution in [3.8, 4) is 11.4 Å². The van der Waals surface area contributed by atoms with E-state index in [2.05, 4.69) is 9.97 Å². The van der Waals surface area contributed by atoms with Crippen LogP contribution in [0.15, 0.2) is 24.3 Å². The fourth-order valence-electron chi connectivity index (χ4n) is 1.75. The van der Waals surface area contributed by atoms with Crippen LogP contribution in [0.25, 0.3) is 11.4 Å². The molecule has 0 aliphatic rings. The SMILES string of the molecule is [B][B]c1cc(C)nc(-c2cc(C)cc([B])n2)c1. The van der Waals surface area contributed by atoms with Gasteiger partial charge in [0, 0.05) is 13.4 Å². The van der Waals surface area contributed by atoms with Crippen LogP contribution >= 0.6 is 0 Å². The zero-order valence-electron chi connectivity index (χ0n) is 9.94. The Bertz CT molecular complexity index is 535. The van der Waals surface area contributed by atoms with E-state index in [-0.39, 0.29) is 0 Å². The summed E-state index contributed by atoms with van der Waals surface area (Å²) in [5.74, 6) is 0. The molecular formula is C12H10B3N2. The lowest BCUT2D eigenvalue weighted by Gasteiger charge is -2.07. The van der Waals surface area contributed by atoms with Gasteiger partial charge in [-0.2, -0.15) is 0 Å². The monoisotopic (exact) mass is 215 g/mol. The molecule has 77 valence electrons. The number of hydrogen-bond acceptors (Lipinski definition) is 2. The quantitative estimate of drug-likeness (QED) is 0.657. The normalized spacial score (nSPS) is 10.2. The first-order valence-electron chi connectivity index (χ1n) is 5.36. The van der Waals surface area contributed by atoms with E-state index >= 15 is 0 Å². The molecule has 0 saturated carbocycles.